The molecular weight excluding hydrogens is 474 g/mol. The number of pyridine rings is 1. The molecule has 3 atom stereocenters. The summed E-state index contributed by atoms with van der Waals surface area (Å²) in [4.78, 5) is 36.9. The topological polar surface area (TPSA) is 89.8 Å². The average molecular weight is 497 g/mol. The van der Waals surface area contributed by atoms with E-state index in [9.17, 15) is 27.2 Å². The van der Waals surface area contributed by atoms with Crippen LogP contribution >= 0.6 is 0 Å². The lowest BCUT2D eigenvalue weighted by molar-refractivity contribution is -0.152. The Hall–Kier alpha value is -3.22. The lowest BCUT2D eigenvalue weighted by Gasteiger charge is -2.39. The number of carbonyl (C=O) groups is 1. The molecule has 2 bridgehead atoms. The fourth-order valence-corrected chi connectivity index (χ4v) is 4.83. The Morgan fingerprint density at radius 2 is 2.11 bits per heavy atom. The van der Waals surface area contributed by atoms with Gasteiger partial charge in [0.15, 0.2) is 5.78 Å². The molecule has 0 aliphatic carbocycles. The van der Waals surface area contributed by atoms with Crippen molar-refractivity contribution in [2.45, 2.75) is 43.8 Å². The molecule has 35 heavy (non-hydrogen) atoms. The normalized spacial score (nSPS) is 23.5. The van der Waals surface area contributed by atoms with E-state index in [4.69, 9.17) is 9.47 Å². The molecule has 0 amide bonds. The number of nitrogens with zero attached hydrogens (tertiary/aromatic N) is 5. The van der Waals surface area contributed by atoms with Crippen LogP contribution in [-0.4, -0.2) is 77.7 Å². The fraction of sp³-hybridized carbons (Fsp3) is 0.545. The van der Waals surface area contributed by atoms with Crippen molar-refractivity contribution in [3.05, 3.63) is 40.3 Å². The van der Waals surface area contributed by atoms with E-state index in [1.807, 2.05) is 4.90 Å². The van der Waals surface area contributed by atoms with Crippen LogP contribution in [0, 0.1) is 0 Å². The number of hydrogen-bond donors (Lipinski definition) is 0. The summed E-state index contributed by atoms with van der Waals surface area (Å²) in [6.07, 6.45) is -3.08. The molecule has 5 heterocycles. The first kappa shape index (κ1) is 23.5. The van der Waals surface area contributed by atoms with Crippen molar-refractivity contribution in [2.24, 2.45) is 0 Å². The summed E-state index contributed by atoms with van der Waals surface area (Å²) < 4.78 is 66.0. The van der Waals surface area contributed by atoms with Gasteiger partial charge >= 0.3 is 6.18 Å². The number of ether oxygens (including phenoxy) is 2. The third-order valence-electron chi connectivity index (χ3n) is 6.51. The maximum Gasteiger partial charge on any atom is 0.408 e. The second-order valence-electron chi connectivity index (χ2n) is 8.72. The molecular formula is C22H23F4N5O4. The van der Waals surface area contributed by atoms with E-state index in [1.165, 1.54) is 29.0 Å². The van der Waals surface area contributed by atoms with Gasteiger partial charge in [-0.05, 0) is 18.9 Å². The number of Topliss-reactive ketones (excluding diaryl/α,β-unsaturated/α-hetero) is 1. The van der Waals surface area contributed by atoms with Crippen molar-refractivity contribution in [3.63, 3.8) is 0 Å². The summed E-state index contributed by atoms with van der Waals surface area (Å²) in [6, 6.07) is 2.06. The van der Waals surface area contributed by atoms with Gasteiger partial charge in [0.05, 0.1) is 25.3 Å². The van der Waals surface area contributed by atoms with Gasteiger partial charge in [-0.3, -0.25) is 14.2 Å². The molecule has 9 nitrogen and oxygen atoms in total. The number of alkyl halides is 4. The van der Waals surface area contributed by atoms with Crippen LogP contribution in [0.3, 0.4) is 0 Å². The largest absolute Gasteiger partial charge is 0.475 e. The van der Waals surface area contributed by atoms with Gasteiger partial charge in [-0.2, -0.15) is 18.2 Å². The monoisotopic (exact) mass is 497 g/mol. The third kappa shape index (κ3) is 4.56. The Bertz CT molecular complexity index is 1160. The summed E-state index contributed by atoms with van der Waals surface area (Å²) >= 11 is 0. The number of aromatic nitrogens is 3. The van der Waals surface area contributed by atoms with E-state index in [0.29, 0.717) is 13.2 Å². The molecule has 0 saturated carbocycles. The predicted molar refractivity (Wildman–Crippen MR) is 116 cm³/mol. The van der Waals surface area contributed by atoms with Crippen molar-refractivity contribution in [2.75, 3.05) is 42.8 Å². The molecule has 2 fully saturated rings. The highest BCUT2D eigenvalue weighted by atomic mass is 19.4. The van der Waals surface area contributed by atoms with Crippen LogP contribution in [0.4, 0.5) is 29.3 Å². The molecule has 3 aliphatic heterocycles. The quantitative estimate of drug-likeness (QED) is 0.424. The minimum Gasteiger partial charge on any atom is -0.475 e. The van der Waals surface area contributed by atoms with Crippen molar-refractivity contribution >= 4 is 17.5 Å². The summed E-state index contributed by atoms with van der Waals surface area (Å²) in [5.41, 5.74) is -0.411. The Morgan fingerprint density at radius 1 is 1.29 bits per heavy atom. The number of morpholine rings is 1. The second-order valence-corrected chi connectivity index (χ2v) is 8.72. The number of ketones is 1. The van der Waals surface area contributed by atoms with Crippen LogP contribution in [0.15, 0.2) is 29.2 Å². The Morgan fingerprint density at radius 3 is 2.74 bits per heavy atom. The molecule has 13 heteroatoms. The average Bonchev–Trinajstić information content (AvgIpc) is 3.46. The van der Waals surface area contributed by atoms with Gasteiger partial charge in [0.2, 0.25) is 11.8 Å². The minimum absolute atomic E-state index is 0.00514. The molecule has 1 unspecified atom stereocenters. The zero-order valence-corrected chi connectivity index (χ0v) is 18.6. The van der Waals surface area contributed by atoms with E-state index < -0.39 is 36.8 Å². The zero-order valence-electron chi connectivity index (χ0n) is 18.6. The number of carbonyl (C=O) groups excluding carboxylic acids is 1. The molecule has 188 valence electrons. The van der Waals surface area contributed by atoms with E-state index in [1.54, 1.807) is 0 Å². The lowest BCUT2D eigenvalue weighted by Crippen LogP contribution is -2.54. The van der Waals surface area contributed by atoms with Crippen LogP contribution in [0.1, 0.15) is 23.2 Å². The van der Waals surface area contributed by atoms with Gasteiger partial charge in [-0.25, -0.2) is 9.37 Å². The molecule has 0 spiro atoms. The fourth-order valence-electron chi connectivity index (χ4n) is 4.83. The van der Waals surface area contributed by atoms with E-state index in [2.05, 4.69) is 9.97 Å². The first-order valence-electron chi connectivity index (χ1n) is 11.3. The molecule has 2 aromatic heterocycles. The predicted octanol–water partition coefficient (Wildman–Crippen LogP) is 1.99. The molecule has 3 aliphatic rings. The Balaban J connectivity index is 1.46. The minimum atomic E-state index is -4.64. The van der Waals surface area contributed by atoms with Crippen molar-refractivity contribution in [1.82, 2.24) is 14.5 Å². The molecule has 0 radical (unpaired) electrons. The summed E-state index contributed by atoms with van der Waals surface area (Å²) in [7, 11) is 0. The van der Waals surface area contributed by atoms with E-state index in [-0.39, 0.29) is 54.9 Å². The Labute approximate surface area is 197 Å². The van der Waals surface area contributed by atoms with Crippen LogP contribution < -0.4 is 20.1 Å². The summed E-state index contributed by atoms with van der Waals surface area (Å²) in [5, 5.41) is 0. The zero-order chi connectivity index (χ0) is 24.7. The Kier molecular flexibility index (Phi) is 6.11. The summed E-state index contributed by atoms with van der Waals surface area (Å²) in [6.45, 7) is -0.752. The van der Waals surface area contributed by atoms with E-state index >= 15 is 0 Å². The number of fused-ring (bicyclic) bond motifs is 3. The highest BCUT2D eigenvalue weighted by Gasteiger charge is 2.48. The van der Waals surface area contributed by atoms with Crippen molar-refractivity contribution in [1.29, 1.82) is 0 Å². The SMILES string of the molecule is O=C(CN1c2nc(N3C[C@@H]4CC3CO4)cc(=O)n2CC[C@H]1C(F)(F)F)c1ccc(OCCF)nc1. The second kappa shape index (κ2) is 9.10. The maximum absolute atomic E-state index is 14.0. The standard InChI is InChI=1S/C22H23F4N5O4/c23-4-6-34-19-2-1-13(9-27-19)16(32)11-31-17(22(24,25)26)3-5-29-20(33)8-18(28-21(29)31)30-10-15-7-14(30)12-35-15/h1-2,8-9,14-15,17H,3-7,10-12H2/t14?,15-,17-/m0/s1. The molecule has 5 rings (SSSR count). The van der Waals surface area contributed by atoms with Gasteiger partial charge in [0.1, 0.15) is 25.1 Å². The molecule has 2 aromatic rings. The summed E-state index contributed by atoms with van der Waals surface area (Å²) in [5.74, 6) is -0.440. The van der Waals surface area contributed by atoms with Gasteiger partial charge in [0, 0.05) is 37.0 Å². The van der Waals surface area contributed by atoms with Gasteiger partial charge in [0.25, 0.3) is 5.56 Å². The highest BCUT2D eigenvalue weighted by molar-refractivity contribution is 5.99. The van der Waals surface area contributed by atoms with Gasteiger partial charge in [-0.15, -0.1) is 0 Å². The number of rotatable bonds is 7. The molecule has 2 saturated heterocycles. The van der Waals surface area contributed by atoms with Crippen LogP contribution in [0.5, 0.6) is 5.88 Å². The smallest absolute Gasteiger partial charge is 0.408 e. The van der Waals surface area contributed by atoms with Gasteiger partial charge in [-0.1, -0.05) is 0 Å². The molecule has 0 N–H and O–H groups in total. The number of anilines is 2. The van der Waals surface area contributed by atoms with Gasteiger partial charge < -0.3 is 19.3 Å². The first-order chi connectivity index (χ1) is 16.7. The lowest BCUT2D eigenvalue weighted by atomic mass is 10.1. The van der Waals surface area contributed by atoms with Crippen LogP contribution in [-0.2, 0) is 11.3 Å². The maximum atomic E-state index is 14.0. The first-order valence-corrected chi connectivity index (χ1v) is 11.3. The highest BCUT2D eigenvalue weighted by Crippen LogP contribution is 2.36. The third-order valence-corrected chi connectivity index (χ3v) is 6.51. The molecule has 0 aromatic carbocycles. The van der Waals surface area contributed by atoms with Crippen molar-refractivity contribution in [3.8, 4) is 5.88 Å². The van der Waals surface area contributed by atoms with Crippen molar-refractivity contribution < 1.29 is 31.8 Å². The van der Waals surface area contributed by atoms with E-state index in [0.717, 1.165) is 11.3 Å². The number of hydrogen-bond acceptors (Lipinski definition) is 8. The number of halogens is 4. The van der Waals surface area contributed by atoms with Crippen LogP contribution in [0.2, 0.25) is 0 Å². The van der Waals surface area contributed by atoms with Crippen LogP contribution in [0.25, 0.3) is 0 Å².